The lowest BCUT2D eigenvalue weighted by atomic mass is 9.99. The summed E-state index contributed by atoms with van der Waals surface area (Å²) < 4.78 is 12.1. The van der Waals surface area contributed by atoms with Crippen LogP contribution >= 0.6 is 12.2 Å². The summed E-state index contributed by atoms with van der Waals surface area (Å²) in [4.78, 5) is 14.7. The lowest BCUT2D eigenvalue weighted by Crippen LogP contribution is -2.21. The number of nitrogens with one attached hydrogen (secondary N) is 2. The van der Waals surface area contributed by atoms with E-state index in [0.29, 0.717) is 23.6 Å². The number of H-pyrrole nitrogens is 1. The third-order valence-corrected chi connectivity index (χ3v) is 4.53. The van der Waals surface area contributed by atoms with Gasteiger partial charge in [-0.25, -0.2) is 0 Å². The predicted molar refractivity (Wildman–Crippen MR) is 95.1 cm³/mol. The first-order chi connectivity index (χ1) is 12.0. The van der Waals surface area contributed by atoms with E-state index in [9.17, 15) is 9.90 Å². The fraction of sp³-hybridized carbons (Fsp3) is 0.312. The SMILES string of the molecule is COc1ccc(C2CC(c3c(O)n(C)c(=S)[nH]c3=O)=NN2)c(OC)c1. The molecule has 0 aliphatic carbocycles. The van der Waals surface area contributed by atoms with Crippen LogP contribution in [0, 0.1) is 4.77 Å². The molecule has 1 aromatic heterocycles. The Morgan fingerprint density at radius 2 is 2.12 bits per heavy atom. The van der Waals surface area contributed by atoms with Crippen molar-refractivity contribution >= 4 is 17.9 Å². The molecule has 3 N–H and O–H groups in total. The molecule has 0 saturated heterocycles. The van der Waals surface area contributed by atoms with Crippen LogP contribution in [0.5, 0.6) is 17.4 Å². The second-order valence-electron chi connectivity index (χ2n) is 5.57. The molecule has 132 valence electrons. The van der Waals surface area contributed by atoms with Gasteiger partial charge in [0.2, 0.25) is 5.88 Å². The van der Waals surface area contributed by atoms with Crippen molar-refractivity contribution in [2.24, 2.45) is 12.1 Å². The summed E-state index contributed by atoms with van der Waals surface area (Å²) >= 11 is 4.98. The minimum absolute atomic E-state index is 0.110. The van der Waals surface area contributed by atoms with Gasteiger partial charge in [0.25, 0.3) is 5.56 Å². The monoisotopic (exact) mass is 362 g/mol. The normalized spacial score (nSPS) is 16.3. The first-order valence-corrected chi connectivity index (χ1v) is 7.93. The number of hydrogen-bond donors (Lipinski definition) is 3. The van der Waals surface area contributed by atoms with E-state index in [2.05, 4.69) is 15.5 Å². The van der Waals surface area contributed by atoms with E-state index in [1.807, 2.05) is 12.1 Å². The molecule has 0 bridgehead atoms. The molecule has 2 aromatic rings. The van der Waals surface area contributed by atoms with Gasteiger partial charge >= 0.3 is 0 Å². The zero-order chi connectivity index (χ0) is 18.1. The summed E-state index contributed by atoms with van der Waals surface area (Å²) in [6.07, 6.45) is 0.413. The van der Waals surface area contributed by atoms with Crippen LogP contribution < -0.4 is 20.5 Å². The van der Waals surface area contributed by atoms with E-state index >= 15 is 0 Å². The van der Waals surface area contributed by atoms with Gasteiger partial charge in [0.15, 0.2) is 4.77 Å². The molecule has 0 amide bonds. The summed E-state index contributed by atoms with van der Waals surface area (Å²) in [6, 6.07) is 5.30. The highest BCUT2D eigenvalue weighted by Crippen LogP contribution is 2.34. The molecular weight excluding hydrogens is 344 g/mol. The quantitative estimate of drug-likeness (QED) is 0.715. The molecule has 1 unspecified atom stereocenters. The van der Waals surface area contributed by atoms with Crippen molar-refractivity contribution in [3.63, 3.8) is 0 Å². The predicted octanol–water partition coefficient (Wildman–Crippen LogP) is 1.60. The molecular formula is C16H18N4O4S. The van der Waals surface area contributed by atoms with E-state index < -0.39 is 5.56 Å². The third-order valence-electron chi connectivity index (χ3n) is 4.15. The summed E-state index contributed by atoms with van der Waals surface area (Å²) in [6.45, 7) is 0. The zero-order valence-corrected chi connectivity index (χ0v) is 14.8. The number of hydrazone groups is 1. The van der Waals surface area contributed by atoms with Crippen LogP contribution in [-0.2, 0) is 7.05 Å². The highest BCUT2D eigenvalue weighted by molar-refractivity contribution is 7.71. The van der Waals surface area contributed by atoms with Crippen LogP contribution in [0.15, 0.2) is 28.1 Å². The van der Waals surface area contributed by atoms with Gasteiger partial charge in [-0.05, 0) is 24.4 Å². The standard InChI is InChI=1S/C16H18N4O4S/c1-20-15(22)13(14(21)17-16(20)25)11-7-10(18-19-11)9-5-4-8(23-2)6-12(9)24-3/h4-6,10,18,22H,7H2,1-3H3,(H,17,21,25). The Bertz CT molecular complexity index is 964. The molecule has 3 rings (SSSR count). The number of benzene rings is 1. The number of aromatic nitrogens is 2. The van der Waals surface area contributed by atoms with E-state index in [1.54, 1.807) is 27.3 Å². The van der Waals surface area contributed by atoms with Gasteiger partial charge in [-0.1, -0.05) is 0 Å². The van der Waals surface area contributed by atoms with E-state index in [1.165, 1.54) is 4.57 Å². The van der Waals surface area contributed by atoms with Crippen LogP contribution in [-0.4, -0.2) is 34.6 Å². The molecule has 1 atom stereocenters. The van der Waals surface area contributed by atoms with Crippen molar-refractivity contribution in [3.8, 4) is 17.4 Å². The van der Waals surface area contributed by atoms with Gasteiger partial charge in [0.05, 0.1) is 26.0 Å². The van der Waals surface area contributed by atoms with Gasteiger partial charge in [-0.15, -0.1) is 0 Å². The van der Waals surface area contributed by atoms with Crippen molar-refractivity contribution in [1.29, 1.82) is 0 Å². The topological polar surface area (TPSA) is 101 Å². The number of ether oxygens (including phenoxy) is 2. The zero-order valence-electron chi connectivity index (χ0n) is 14.0. The number of rotatable bonds is 4. The smallest absolute Gasteiger partial charge is 0.264 e. The minimum atomic E-state index is -0.469. The van der Waals surface area contributed by atoms with Crippen molar-refractivity contribution in [2.75, 3.05) is 14.2 Å². The van der Waals surface area contributed by atoms with Gasteiger partial charge in [0.1, 0.15) is 17.1 Å². The highest BCUT2D eigenvalue weighted by Gasteiger charge is 2.28. The Balaban J connectivity index is 1.94. The molecule has 2 heterocycles. The Labute approximate surface area is 148 Å². The molecule has 25 heavy (non-hydrogen) atoms. The number of aromatic amines is 1. The maximum Gasteiger partial charge on any atom is 0.264 e. The molecule has 0 spiro atoms. The summed E-state index contributed by atoms with van der Waals surface area (Å²) in [5, 5.41) is 14.5. The van der Waals surface area contributed by atoms with Gasteiger partial charge in [0, 0.05) is 25.1 Å². The molecule has 1 aliphatic heterocycles. The maximum atomic E-state index is 12.2. The molecule has 8 nitrogen and oxygen atoms in total. The average Bonchev–Trinajstić information content (AvgIpc) is 3.08. The summed E-state index contributed by atoms with van der Waals surface area (Å²) in [7, 11) is 4.74. The lowest BCUT2D eigenvalue weighted by molar-refractivity contribution is 0.386. The molecule has 1 aromatic carbocycles. The molecule has 0 fully saturated rings. The maximum absolute atomic E-state index is 12.2. The van der Waals surface area contributed by atoms with Crippen LogP contribution in [0.1, 0.15) is 23.6 Å². The van der Waals surface area contributed by atoms with Crippen molar-refractivity contribution in [3.05, 3.63) is 44.5 Å². The van der Waals surface area contributed by atoms with Crippen molar-refractivity contribution in [2.45, 2.75) is 12.5 Å². The summed E-state index contributed by atoms with van der Waals surface area (Å²) in [5.41, 5.74) is 3.96. The van der Waals surface area contributed by atoms with E-state index in [0.717, 1.165) is 5.56 Å². The number of hydrogen-bond acceptors (Lipinski definition) is 7. The summed E-state index contributed by atoms with van der Waals surface area (Å²) in [5.74, 6) is 1.12. The van der Waals surface area contributed by atoms with E-state index in [4.69, 9.17) is 21.7 Å². The van der Waals surface area contributed by atoms with E-state index in [-0.39, 0.29) is 22.3 Å². The largest absolute Gasteiger partial charge is 0.497 e. The second kappa shape index (κ2) is 6.60. The molecule has 1 aliphatic rings. The van der Waals surface area contributed by atoms with Crippen LogP contribution in [0.4, 0.5) is 0 Å². The first-order valence-electron chi connectivity index (χ1n) is 7.53. The Hall–Kier alpha value is -2.81. The average molecular weight is 362 g/mol. The fourth-order valence-corrected chi connectivity index (χ4v) is 2.93. The Morgan fingerprint density at radius 1 is 1.36 bits per heavy atom. The Morgan fingerprint density at radius 3 is 2.80 bits per heavy atom. The minimum Gasteiger partial charge on any atom is -0.497 e. The third kappa shape index (κ3) is 2.98. The van der Waals surface area contributed by atoms with Crippen LogP contribution in [0.3, 0.4) is 0 Å². The molecule has 0 saturated carbocycles. The van der Waals surface area contributed by atoms with Crippen molar-refractivity contribution < 1.29 is 14.6 Å². The Kier molecular flexibility index (Phi) is 4.49. The van der Waals surface area contributed by atoms with Crippen LogP contribution in [0.25, 0.3) is 0 Å². The molecule has 0 radical (unpaired) electrons. The van der Waals surface area contributed by atoms with Gasteiger partial charge < -0.3 is 20.0 Å². The van der Waals surface area contributed by atoms with Gasteiger partial charge in [-0.2, -0.15) is 5.10 Å². The lowest BCUT2D eigenvalue weighted by Gasteiger charge is -2.15. The molecule has 9 heteroatoms. The first kappa shape index (κ1) is 17.0. The highest BCUT2D eigenvalue weighted by atomic mass is 32.1. The second-order valence-corrected chi connectivity index (χ2v) is 5.96. The number of methoxy groups -OCH3 is 2. The number of aromatic hydroxyl groups is 1. The number of nitrogens with zero attached hydrogens (tertiary/aromatic N) is 2. The van der Waals surface area contributed by atoms with Crippen LogP contribution in [0.2, 0.25) is 0 Å². The fourth-order valence-electron chi connectivity index (χ4n) is 2.75. The van der Waals surface area contributed by atoms with Gasteiger partial charge in [-0.3, -0.25) is 14.3 Å². The van der Waals surface area contributed by atoms with Crippen molar-refractivity contribution in [1.82, 2.24) is 15.0 Å².